The lowest BCUT2D eigenvalue weighted by Gasteiger charge is -2.09. The van der Waals surface area contributed by atoms with Gasteiger partial charge < -0.3 is 10.2 Å². The van der Waals surface area contributed by atoms with Crippen molar-refractivity contribution in [1.82, 2.24) is 0 Å². The Morgan fingerprint density at radius 3 is 2.00 bits per heavy atom. The maximum atomic E-state index is 12.7. The van der Waals surface area contributed by atoms with Gasteiger partial charge in [-0.1, -0.05) is 46.3 Å². The van der Waals surface area contributed by atoms with Crippen LogP contribution in [0.2, 0.25) is 0 Å². The number of sulfone groups is 1. The lowest BCUT2D eigenvalue weighted by Crippen LogP contribution is -2.05. The number of phenols is 1. The first kappa shape index (κ1) is 18.6. The number of benzene rings is 3. The molecule has 0 saturated heterocycles. The Hall–Kier alpha value is -2.15. The third kappa shape index (κ3) is 4.15. The van der Waals surface area contributed by atoms with Crippen molar-refractivity contribution in [3.63, 3.8) is 0 Å². The minimum Gasteiger partial charge on any atom is -0.508 e. The molecule has 0 unspecified atom stereocenters. The Morgan fingerprint density at radius 2 is 1.42 bits per heavy atom. The summed E-state index contributed by atoms with van der Waals surface area (Å²) in [5.74, 6) is -0.429. The van der Waals surface area contributed by atoms with E-state index in [4.69, 9.17) is 0 Å². The summed E-state index contributed by atoms with van der Waals surface area (Å²) < 4.78 is 26.3. The molecular weight excluding hydrogens is 416 g/mol. The van der Waals surface area contributed by atoms with Crippen LogP contribution in [0.25, 0.3) is 11.1 Å². The van der Waals surface area contributed by atoms with E-state index in [9.17, 15) is 18.6 Å². The predicted molar refractivity (Wildman–Crippen MR) is 104 cm³/mol. The molecule has 26 heavy (non-hydrogen) atoms. The highest BCUT2D eigenvalue weighted by Crippen LogP contribution is 2.27. The van der Waals surface area contributed by atoms with Crippen LogP contribution in [0.1, 0.15) is 11.1 Å². The quantitative estimate of drug-likeness (QED) is 0.630. The van der Waals surface area contributed by atoms with Gasteiger partial charge >= 0.3 is 0 Å². The average molecular weight is 433 g/mol. The number of aliphatic hydroxyl groups excluding tert-OH is 1. The highest BCUT2D eigenvalue weighted by atomic mass is 79.9. The SMILES string of the molecule is O=S(=O)(Cc1cc(CO)ccc1O)c1ccc(-c2ccc(Br)cc2)cc1. The molecule has 0 amide bonds. The van der Waals surface area contributed by atoms with E-state index >= 15 is 0 Å². The molecule has 0 atom stereocenters. The Labute approximate surface area is 160 Å². The predicted octanol–water partition coefficient (Wildman–Crippen LogP) is 4.29. The summed E-state index contributed by atoms with van der Waals surface area (Å²) in [5.41, 5.74) is 2.74. The first-order chi connectivity index (χ1) is 12.4. The average Bonchev–Trinajstić information content (AvgIpc) is 2.64. The number of phenolic OH excluding ortho intramolecular Hbond substituents is 1. The molecule has 2 N–H and O–H groups in total. The molecule has 0 aliphatic rings. The van der Waals surface area contributed by atoms with Crippen molar-refractivity contribution in [1.29, 1.82) is 0 Å². The molecular formula is C20H17BrO4S. The molecule has 4 nitrogen and oxygen atoms in total. The van der Waals surface area contributed by atoms with Gasteiger partial charge in [0.05, 0.1) is 17.3 Å². The number of hydrogen-bond donors (Lipinski definition) is 2. The van der Waals surface area contributed by atoms with Gasteiger partial charge in [0, 0.05) is 10.0 Å². The summed E-state index contributed by atoms with van der Waals surface area (Å²) in [6.07, 6.45) is 0. The third-order valence-electron chi connectivity index (χ3n) is 4.06. The maximum Gasteiger partial charge on any atom is 0.182 e. The van der Waals surface area contributed by atoms with E-state index in [1.165, 1.54) is 12.1 Å². The van der Waals surface area contributed by atoms with Gasteiger partial charge in [-0.2, -0.15) is 0 Å². The molecule has 3 aromatic rings. The van der Waals surface area contributed by atoms with Gasteiger partial charge in [-0.25, -0.2) is 8.42 Å². The van der Waals surface area contributed by atoms with Crippen molar-refractivity contribution < 1.29 is 18.6 Å². The van der Waals surface area contributed by atoms with Crippen molar-refractivity contribution in [3.05, 3.63) is 82.3 Å². The van der Waals surface area contributed by atoms with Crippen LogP contribution in [0.15, 0.2) is 76.1 Å². The standard InChI is InChI=1S/C20H17BrO4S/c21-18-6-2-15(3-7-18)16-4-8-19(9-5-16)26(24,25)13-17-11-14(12-22)1-10-20(17)23/h1-11,22-23H,12-13H2. The Morgan fingerprint density at radius 1 is 0.846 bits per heavy atom. The lowest BCUT2D eigenvalue weighted by molar-refractivity contribution is 0.281. The zero-order valence-corrected chi connectivity index (χ0v) is 16.2. The van der Waals surface area contributed by atoms with Gasteiger partial charge in [0.1, 0.15) is 5.75 Å². The second-order valence-corrected chi connectivity index (χ2v) is 8.82. The third-order valence-corrected chi connectivity index (χ3v) is 6.27. The Bertz CT molecular complexity index is 1010. The summed E-state index contributed by atoms with van der Waals surface area (Å²) in [5, 5.41) is 19.1. The summed E-state index contributed by atoms with van der Waals surface area (Å²) in [6.45, 7) is -0.213. The second kappa shape index (κ2) is 7.61. The first-order valence-corrected chi connectivity index (χ1v) is 10.3. The van der Waals surface area contributed by atoms with Gasteiger partial charge in [-0.05, 0) is 53.1 Å². The molecule has 134 valence electrons. The van der Waals surface area contributed by atoms with Crippen LogP contribution in [0.4, 0.5) is 0 Å². The highest BCUT2D eigenvalue weighted by Gasteiger charge is 2.18. The molecule has 0 aliphatic carbocycles. The molecule has 0 radical (unpaired) electrons. The van der Waals surface area contributed by atoms with Gasteiger partial charge in [-0.3, -0.25) is 0 Å². The summed E-state index contributed by atoms with van der Waals surface area (Å²) in [6, 6.07) is 18.9. The van der Waals surface area contributed by atoms with Gasteiger partial charge in [0.2, 0.25) is 0 Å². The molecule has 0 spiro atoms. The number of hydrogen-bond acceptors (Lipinski definition) is 4. The Balaban J connectivity index is 1.87. The molecule has 0 bridgehead atoms. The van der Waals surface area contributed by atoms with E-state index < -0.39 is 9.84 Å². The zero-order chi connectivity index (χ0) is 18.7. The maximum absolute atomic E-state index is 12.7. The van der Waals surface area contributed by atoms with Crippen molar-refractivity contribution in [2.75, 3.05) is 0 Å². The molecule has 0 fully saturated rings. The van der Waals surface area contributed by atoms with Crippen LogP contribution in [-0.2, 0) is 22.2 Å². The molecule has 0 heterocycles. The minimum atomic E-state index is -3.62. The number of aromatic hydroxyl groups is 1. The molecule has 0 aliphatic heterocycles. The fourth-order valence-electron chi connectivity index (χ4n) is 2.64. The van der Waals surface area contributed by atoms with Crippen LogP contribution in [0.3, 0.4) is 0 Å². The fourth-order valence-corrected chi connectivity index (χ4v) is 4.26. The highest BCUT2D eigenvalue weighted by molar-refractivity contribution is 9.10. The number of aliphatic hydroxyl groups is 1. The zero-order valence-electron chi connectivity index (χ0n) is 13.8. The molecule has 6 heteroatoms. The van der Waals surface area contributed by atoms with Crippen molar-refractivity contribution in [3.8, 4) is 16.9 Å². The number of halogens is 1. The van der Waals surface area contributed by atoms with Crippen molar-refractivity contribution in [2.45, 2.75) is 17.3 Å². The van der Waals surface area contributed by atoms with Crippen molar-refractivity contribution >= 4 is 25.8 Å². The Kier molecular flexibility index (Phi) is 5.46. The topological polar surface area (TPSA) is 74.6 Å². The molecule has 0 saturated carbocycles. The monoisotopic (exact) mass is 432 g/mol. The minimum absolute atomic E-state index is 0.0998. The first-order valence-electron chi connectivity index (χ1n) is 7.89. The van der Waals surface area contributed by atoms with Crippen LogP contribution < -0.4 is 0 Å². The smallest absolute Gasteiger partial charge is 0.182 e. The molecule has 3 rings (SSSR count). The summed E-state index contributed by atoms with van der Waals surface area (Å²) in [7, 11) is -3.62. The van der Waals surface area contributed by atoms with E-state index in [0.29, 0.717) is 5.56 Å². The molecule has 0 aromatic heterocycles. The normalized spacial score (nSPS) is 11.5. The largest absolute Gasteiger partial charge is 0.508 e. The van der Waals surface area contributed by atoms with E-state index in [1.807, 2.05) is 24.3 Å². The van der Waals surface area contributed by atoms with E-state index in [1.54, 1.807) is 30.3 Å². The van der Waals surface area contributed by atoms with Crippen LogP contribution >= 0.6 is 15.9 Å². The van der Waals surface area contributed by atoms with Gasteiger partial charge in [0.25, 0.3) is 0 Å². The van der Waals surface area contributed by atoms with E-state index in [0.717, 1.165) is 15.6 Å². The van der Waals surface area contributed by atoms with Crippen LogP contribution in [0, 0.1) is 0 Å². The van der Waals surface area contributed by atoms with Gasteiger partial charge in [-0.15, -0.1) is 0 Å². The van der Waals surface area contributed by atoms with Gasteiger partial charge in [0.15, 0.2) is 9.84 Å². The number of rotatable bonds is 5. The lowest BCUT2D eigenvalue weighted by atomic mass is 10.1. The van der Waals surface area contributed by atoms with E-state index in [-0.39, 0.29) is 28.6 Å². The van der Waals surface area contributed by atoms with Crippen LogP contribution in [-0.4, -0.2) is 18.6 Å². The van der Waals surface area contributed by atoms with Crippen molar-refractivity contribution in [2.24, 2.45) is 0 Å². The van der Waals surface area contributed by atoms with Crippen LogP contribution in [0.5, 0.6) is 5.75 Å². The fraction of sp³-hybridized carbons (Fsp3) is 0.100. The summed E-state index contributed by atoms with van der Waals surface area (Å²) >= 11 is 3.39. The van der Waals surface area contributed by atoms with E-state index in [2.05, 4.69) is 15.9 Å². The summed E-state index contributed by atoms with van der Waals surface area (Å²) in [4.78, 5) is 0.187. The second-order valence-electron chi connectivity index (χ2n) is 5.91. The molecule has 3 aromatic carbocycles.